The fourth-order valence-electron chi connectivity index (χ4n) is 6.06. The third-order valence-corrected chi connectivity index (χ3v) is 6.60. The van der Waals surface area contributed by atoms with Crippen LogP contribution in [0.15, 0.2) is 54.6 Å². The van der Waals surface area contributed by atoms with E-state index in [0.29, 0.717) is 5.41 Å². The monoisotopic (exact) mass is 303 g/mol. The number of para-hydroxylation sites is 1. The van der Waals surface area contributed by atoms with E-state index < -0.39 is 0 Å². The van der Waals surface area contributed by atoms with Gasteiger partial charge in [0, 0.05) is 11.4 Å². The molecule has 0 atom stereocenters. The van der Waals surface area contributed by atoms with Crippen molar-refractivity contribution in [3.63, 3.8) is 0 Å². The zero-order chi connectivity index (χ0) is 15.3. The maximum atomic E-state index is 3.50. The van der Waals surface area contributed by atoms with Crippen molar-refractivity contribution >= 4 is 11.4 Å². The fraction of sp³-hybridized carbons (Fsp3) is 0.455. The molecule has 0 unspecified atom stereocenters. The number of hydrogen-bond acceptors (Lipinski definition) is 1. The molecule has 118 valence electrons. The largest absolute Gasteiger partial charge is 0.356 e. The van der Waals surface area contributed by atoms with Crippen LogP contribution in [-0.2, 0) is 5.41 Å². The van der Waals surface area contributed by atoms with Crippen LogP contribution in [0.2, 0.25) is 0 Å². The van der Waals surface area contributed by atoms with Gasteiger partial charge in [-0.2, -0.15) is 0 Å². The zero-order valence-electron chi connectivity index (χ0n) is 13.7. The van der Waals surface area contributed by atoms with Crippen molar-refractivity contribution < 1.29 is 0 Å². The first-order valence-corrected chi connectivity index (χ1v) is 9.22. The summed E-state index contributed by atoms with van der Waals surface area (Å²) in [6.07, 6.45) is 8.91. The minimum atomic E-state index is 0.514. The van der Waals surface area contributed by atoms with Crippen LogP contribution >= 0.6 is 0 Å². The summed E-state index contributed by atoms with van der Waals surface area (Å²) in [5, 5.41) is 3.50. The Bertz CT molecular complexity index is 650. The van der Waals surface area contributed by atoms with Crippen LogP contribution in [0, 0.1) is 17.8 Å². The third kappa shape index (κ3) is 2.38. The highest BCUT2D eigenvalue weighted by Crippen LogP contribution is 2.60. The van der Waals surface area contributed by atoms with E-state index in [1.807, 2.05) is 0 Å². The second kappa shape index (κ2) is 5.12. The molecule has 23 heavy (non-hydrogen) atoms. The molecule has 0 saturated heterocycles. The van der Waals surface area contributed by atoms with Gasteiger partial charge in [-0.3, -0.25) is 0 Å². The average Bonchev–Trinajstić information content (AvgIpc) is 2.55. The number of rotatable bonds is 3. The Labute approximate surface area is 139 Å². The molecule has 0 spiro atoms. The Kier molecular flexibility index (Phi) is 3.04. The van der Waals surface area contributed by atoms with Gasteiger partial charge in [-0.25, -0.2) is 0 Å². The van der Waals surface area contributed by atoms with Crippen molar-refractivity contribution in [1.82, 2.24) is 0 Å². The summed E-state index contributed by atoms with van der Waals surface area (Å²) < 4.78 is 0. The van der Waals surface area contributed by atoms with Crippen LogP contribution < -0.4 is 5.32 Å². The van der Waals surface area contributed by atoms with Crippen molar-refractivity contribution in [3.05, 3.63) is 60.2 Å². The van der Waals surface area contributed by atoms with Crippen molar-refractivity contribution in [1.29, 1.82) is 0 Å². The third-order valence-electron chi connectivity index (χ3n) is 6.60. The van der Waals surface area contributed by atoms with Crippen LogP contribution in [0.3, 0.4) is 0 Å². The van der Waals surface area contributed by atoms with Crippen molar-refractivity contribution in [2.45, 2.75) is 43.9 Å². The lowest BCUT2D eigenvalue weighted by Gasteiger charge is -2.57. The summed E-state index contributed by atoms with van der Waals surface area (Å²) in [7, 11) is 0. The van der Waals surface area contributed by atoms with Crippen LogP contribution in [0.4, 0.5) is 11.4 Å². The van der Waals surface area contributed by atoms with Crippen molar-refractivity contribution in [3.8, 4) is 0 Å². The van der Waals surface area contributed by atoms with Gasteiger partial charge in [0.15, 0.2) is 0 Å². The molecule has 1 heteroatoms. The summed E-state index contributed by atoms with van der Waals surface area (Å²) >= 11 is 0. The summed E-state index contributed by atoms with van der Waals surface area (Å²) in [6, 6.07) is 19.8. The van der Waals surface area contributed by atoms with Crippen LogP contribution in [0.5, 0.6) is 0 Å². The van der Waals surface area contributed by atoms with E-state index in [9.17, 15) is 0 Å². The summed E-state index contributed by atoms with van der Waals surface area (Å²) in [6.45, 7) is 0. The molecule has 1 nitrogen and oxygen atoms in total. The Hall–Kier alpha value is -1.76. The van der Waals surface area contributed by atoms with Crippen molar-refractivity contribution in [2.75, 3.05) is 5.32 Å². The topological polar surface area (TPSA) is 12.0 Å². The smallest absolute Gasteiger partial charge is 0.0384 e. The van der Waals surface area contributed by atoms with E-state index in [2.05, 4.69) is 59.9 Å². The van der Waals surface area contributed by atoms with E-state index in [4.69, 9.17) is 0 Å². The Morgan fingerprint density at radius 2 is 1.17 bits per heavy atom. The second-order valence-corrected chi connectivity index (χ2v) is 8.27. The van der Waals surface area contributed by atoms with Gasteiger partial charge in [0.1, 0.15) is 0 Å². The summed E-state index contributed by atoms with van der Waals surface area (Å²) in [4.78, 5) is 0. The lowest BCUT2D eigenvalue weighted by Crippen LogP contribution is -2.48. The molecule has 4 bridgehead atoms. The molecule has 4 fully saturated rings. The lowest BCUT2D eigenvalue weighted by molar-refractivity contribution is -0.00518. The maximum absolute atomic E-state index is 3.50. The number of anilines is 2. The van der Waals surface area contributed by atoms with Gasteiger partial charge in [0.2, 0.25) is 0 Å². The molecule has 6 rings (SSSR count). The highest BCUT2D eigenvalue weighted by molar-refractivity contribution is 5.59. The first kappa shape index (κ1) is 13.7. The van der Waals surface area contributed by atoms with E-state index in [1.54, 1.807) is 5.56 Å². The Morgan fingerprint density at radius 3 is 1.74 bits per heavy atom. The molecule has 0 aliphatic heterocycles. The van der Waals surface area contributed by atoms with Crippen LogP contribution in [0.25, 0.3) is 0 Å². The predicted octanol–water partition coefficient (Wildman–Crippen LogP) is 5.90. The molecule has 2 aromatic carbocycles. The number of benzene rings is 2. The van der Waals surface area contributed by atoms with Crippen LogP contribution in [-0.4, -0.2) is 0 Å². The molecular weight excluding hydrogens is 278 g/mol. The van der Waals surface area contributed by atoms with E-state index in [0.717, 1.165) is 23.4 Å². The Balaban J connectivity index is 1.39. The van der Waals surface area contributed by atoms with Gasteiger partial charge < -0.3 is 5.32 Å². The van der Waals surface area contributed by atoms with E-state index in [1.165, 1.54) is 44.2 Å². The van der Waals surface area contributed by atoms with Crippen molar-refractivity contribution in [2.24, 2.45) is 17.8 Å². The molecule has 0 amide bonds. The standard InChI is InChI=1S/C22H25N/c1-2-4-20(5-3-1)23-21-8-6-19(7-9-21)22-13-16-10-17(14-22)12-18(11-16)15-22/h1-9,16-18,23H,10-15H2. The molecule has 4 aliphatic carbocycles. The fourth-order valence-corrected chi connectivity index (χ4v) is 6.06. The number of hydrogen-bond donors (Lipinski definition) is 1. The zero-order valence-corrected chi connectivity index (χ0v) is 13.7. The van der Waals surface area contributed by atoms with Gasteiger partial charge in [-0.15, -0.1) is 0 Å². The normalized spacial score (nSPS) is 34.5. The highest BCUT2D eigenvalue weighted by atomic mass is 14.9. The molecule has 4 saturated carbocycles. The quantitative estimate of drug-likeness (QED) is 0.744. The van der Waals surface area contributed by atoms with E-state index >= 15 is 0 Å². The van der Waals surface area contributed by atoms with Gasteiger partial charge in [0.25, 0.3) is 0 Å². The summed E-state index contributed by atoms with van der Waals surface area (Å²) in [5.74, 6) is 3.05. The maximum Gasteiger partial charge on any atom is 0.0384 e. The molecule has 2 aromatic rings. The minimum Gasteiger partial charge on any atom is -0.356 e. The Morgan fingerprint density at radius 1 is 0.652 bits per heavy atom. The van der Waals surface area contributed by atoms with Gasteiger partial charge >= 0.3 is 0 Å². The lowest BCUT2D eigenvalue weighted by atomic mass is 9.48. The van der Waals surface area contributed by atoms with Gasteiger partial charge in [-0.05, 0) is 91.5 Å². The SMILES string of the molecule is c1ccc(Nc2ccc(C34CC5CC(CC(C5)C3)C4)cc2)cc1. The first-order chi connectivity index (χ1) is 11.3. The molecule has 0 radical (unpaired) electrons. The number of nitrogens with one attached hydrogen (secondary N) is 1. The minimum absolute atomic E-state index is 0.514. The predicted molar refractivity (Wildman–Crippen MR) is 96.0 cm³/mol. The second-order valence-electron chi connectivity index (χ2n) is 8.27. The molecule has 0 heterocycles. The van der Waals surface area contributed by atoms with Gasteiger partial charge in [-0.1, -0.05) is 30.3 Å². The average molecular weight is 303 g/mol. The summed E-state index contributed by atoms with van der Waals surface area (Å²) in [5.41, 5.74) is 4.48. The van der Waals surface area contributed by atoms with Gasteiger partial charge in [0.05, 0.1) is 0 Å². The molecular formula is C22H25N. The molecule has 0 aromatic heterocycles. The molecule has 4 aliphatic rings. The van der Waals surface area contributed by atoms with E-state index in [-0.39, 0.29) is 0 Å². The van der Waals surface area contributed by atoms with Crippen LogP contribution in [0.1, 0.15) is 44.1 Å². The highest BCUT2D eigenvalue weighted by Gasteiger charge is 2.51. The first-order valence-electron chi connectivity index (χ1n) is 9.22. The molecule has 1 N–H and O–H groups in total.